The summed E-state index contributed by atoms with van der Waals surface area (Å²) in [5.41, 5.74) is 2.41. The van der Waals surface area contributed by atoms with E-state index in [-0.39, 0.29) is 52.2 Å². The second-order valence-corrected chi connectivity index (χ2v) is 11.9. The quantitative estimate of drug-likeness (QED) is 0.203. The summed E-state index contributed by atoms with van der Waals surface area (Å²) < 4.78 is 18.7. The Hall–Kier alpha value is -3.11. The molecule has 1 unspecified atom stereocenters. The van der Waals surface area contributed by atoms with Crippen LogP contribution in [0.15, 0.2) is 42.6 Å². The van der Waals surface area contributed by atoms with Crippen molar-refractivity contribution in [3.63, 3.8) is 0 Å². The molecule has 1 fully saturated rings. The van der Waals surface area contributed by atoms with Crippen LogP contribution in [0.5, 0.6) is 0 Å². The maximum atomic E-state index is 13.5. The predicted molar refractivity (Wildman–Crippen MR) is 172 cm³/mol. The molecule has 44 heavy (non-hydrogen) atoms. The molecule has 1 saturated heterocycles. The minimum absolute atomic E-state index is 0.0213. The number of nitrogens with zero attached hydrogens (tertiary/aromatic N) is 2. The summed E-state index contributed by atoms with van der Waals surface area (Å²) in [4.78, 5) is 40.2. The lowest BCUT2D eigenvalue weighted by atomic mass is 10.1. The highest BCUT2D eigenvalue weighted by Gasteiger charge is 2.36. The number of methoxy groups -OCH3 is 1. The molecule has 4 rings (SSSR count). The molecule has 0 bridgehead atoms. The van der Waals surface area contributed by atoms with Gasteiger partial charge in [-0.15, -0.1) is 0 Å². The number of ether oxygens (including phenoxy) is 3. The van der Waals surface area contributed by atoms with E-state index in [1.54, 1.807) is 25.0 Å². The van der Waals surface area contributed by atoms with E-state index in [9.17, 15) is 14.4 Å². The molecule has 0 radical (unpaired) electrons. The van der Waals surface area contributed by atoms with E-state index in [4.69, 9.17) is 37.4 Å². The van der Waals surface area contributed by atoms with Crippen molar-refractivity contribution in [2.75, 3.05) is 32.2 Å². The fraction of sp³-hybridized carbons (Fsp3) is 0.485. The van der Waals surface area contributed by atoms with E-state index in [0.717, 1.165) is 23.7 Å². The van der Waals surface area contributed by atoms with Crippen LogP contribution in [-0.4, -0.2) is 72.4 Å². The van der Waals surface area contributed by atoms with Crippen LogP contribution in [0.25, 0.3) is 10.9 Å². The SMILES string of the molecule is CCOC(=O)CCCC(CC)OC[C@@H]1C[C@H](OC)CN1C(=O)Cc1cc(Cl)c(C(=O)Nc2cn(C)c3ccccc23)cc1Cl. The molecule has 2 heterocycles. The molecule has 238 valence electrons. The third-order valence-corrected chi connectivity index (χ3v) is 8.75. The third-order valence-electron chi connectivity index (χ3n) is 8.09. The van der Waals surface area contributed by atoms with Crippen molar-refractivity contribution in [2.24, 2.45) is 7.05 Å². The molecule has 2 aromatic carbocycles. The predicted octanol–water partition coefficient (Wildman–Crippen LogP) is 6.42. The van der Waals surface area contributed by atoms with E-state index in [1.807, 2.05) is 49.0 Å². The van der Waals surface area contributed by atoms with E-state index in [2.05, 4.69) is 5.32 Å². The monoisotopic (exact) mass is 645 g/mol. The number of halogens is 2. The number of hydrogen-bond donors (Lipinski definition) is 1. The zero-order valence-electron chi connectivity index (χ0n) is 25.7. The van der Waals surface area contributed by atoms with Crippen LogP contribution in [0.3, 0.4) is 0 Å². The van der Waals surface area contributed by atoms with Crippen LogP contribution in [0.1, 0.15) is 61.9 Å². The van der Waals surface area contributed by atoms with Crippen LogP contribution >= 0.6 is 23.2 Å². The molecule has 3 atom stereocenters. The molecular weight excluding hydrogens is 605 g/mol. The highest BCUT2D eigenvalue weighted by Crippen LogP contribution is 2.30. The average Bonchev–Trinajstić information content (AvgIpc) is 3.57. The Labute approximate surface area is 268 Å². The Kier molecular flexibility index (Phi) is 12.1. The summed E-state index contributed by atoms with van der Waals surface area (Å²) in [5, 5.41) is 4.34. The minimum atomic E-state index is -0.390. The fourth-order valence-corrected chi connectivity index (χ4v) is 6.16. The lowest BCUT2D eigenvalue weighted by Crippen LogP contribution is -2.40. The average molecular weight is 647 g/mol. The van der Waals surface area contributed by atoms with Gasteiger partial charge in [-0.2, -0.15) is 0 Å². The molecule has 0 saturated carbocycles. The van der Waals surface area contributed by atoms with Crippen LogP contribution < -0.4 is 5.32 Å². The molecule has 11 heteroatoms. The van der Waals surface area contributed by atoms with Crippen molar-refractivity contribution in [1.29, 1.82) is 0 Å². The van der Waals surface area contributed by atoms with Gasteiger partial charge in [-0.3, -0.25) is 14.4 Å². The fourth-order valence-electron chi connectivity index (χ4n) is 5.66. The summed E-state index contributed by atoms with van der Waals surface area (Å²) in [7, 11) is 3.55. The molecule has 1 aromatic heterocycles. The smallest absolute Gasteiger partial charge is 0.305 e. The van der Waals surface area contributed by atoms with Gasteiger partial charge in [0.2, 0.25) is 5.91 Å². The Bertz CT molecular complexity index is 1480. The molecule has 9 nitrogen and oxygen atoms in total. The summed E-state index contributed by atoms with van der Waals surface area (Å²) in [6.07, 6.45) is 4.97. The lowest BCUT2D eigenvalue weighted by molar-refractivity contribution is -0.143. The van der Waals surface area contributed by atoms with E-state index < -0.39 is 5.91 Å². The number of carbonyl (C=O) groups excluding carboxylic acids is 3. The number of anilines is 1. The first-order valence-electron chi connectivity index (χ1n) is 15.1. The van der Waals surface area contributed by atoms with Gasteiger partial charge in [-0.1, -0.05) is 48.3 Å². The molecule has 1 aliphatic heterocycles. The van der Waals surface area contributed by atoms with E-state index >= 15 is 0 Å². The zero-order valence-corrected chi connectivity index (χ0v) is 27.2. The first-order valence-corrected chi connectivity index (χ1v) is 15.8. The molecule has 3 aromatic rings. The van der Waals surface area contributed by atoms with Gasteiger partial charge in [0.15, 0.2) is 0 Å². The third kappa shape index (κ3) is 8.33. The summed E-state index contributed by atoms with van der Waals surface area (Å²) in [6.45, 7) is 5.03. The Morgan fingerprint density at radius 2 is 1.89 bits per heavy atom. The number of para-hydroxylation sites is 1. The van der Waals surface area contributed by atoms with Gasteiger partial charge in [0, 0.05) is 49.2 Å². The van der Waals surface area contributed by atoms with Crippen molar-refractivity contribution < 1.29 is 28.6 Å². The van der Waals surface area contributed by atoms with Gasteiger partial charge in [-0.25, -0.2) is 0 Å². The van der Waals surface area contributed by atoms with E-state index in [0.29, 0.717) is 50.3 Å². The Morgan fingerprint density at radius 1 is 1.11 bits per heavy atom. The lowest BCUT2D eigenvalue weighted by Gasteiger charge is -2.27. The second-order valence-electron chi connectivity index (χ2n) is 11.1. The number of nitrogens with one attached hydrogen (secondary N) is 1. The topological polar surface area (TPSA) is 99.1 Å². The largest absolute Gasteiger partial charge is 0.466 e. The van der Waals surface area contributed by atoms with Crippen LogP contribution in [0.2, 0.25) is 10.0 Å². The Balaban J connectivity index is 1.39. The minimum Gasteiger partial charge on any atom is -0.466 e. The number of amides is 2. The second kappa shape index (κ2) is 15.8. The number of benzene rings is 2. The number of likely N-dealkylation sites (tertiary alicyclic amines) is 1. The van der Waals surface area contributed by atoms with Gasteiger partial charge in [0.05, 0.1) is 54.2 Å². The first-order chi connectivity index (χ1) is 21.1. The number of fused-ring (bicyclic) bond motifs is 1. The molecule has 0 spiro atoms. The van der Waals surface area contributed by atoms with Crippen molar-refractivity contribution in [3.8, 4) is 0 Å². The summed E-state index contributed by atoms with van der Waals surface area (Å²) in [6, 6.07) is 10.7. The molecule has 2 amide bonds. The van der Waals surface area contributed by atoms with Gasteiger partial charge in [-0.05, 0) is 56.4 Å². The maximum Gasteiger partial charge on any atom is 0.305 e. The zero-order chi connectivity index (χ0) is 31.8. The highest BCUT2D eigenvalue weighted by molar-refractivity contribution is 6.37. The number of esters is 1. The number of carbonyl (C=O) groups is 3. The van der Waals surface area contributed by atoms with Gasteiger partial charge in [0.1, 0.15) is 0 Å². The van der Waals surface area contributed by atoms with E-state index in [1.165, 1.54) is 6.07 Å². The standard InChI is InChI=1S/C33H41Cl2N3O6/c1-5-23(10-9-13-32(40)43-6-2)44-20-22-16-24(42-4)18-38(22)31(39)15-21-14-28(35)26(17-27(21)34)33(41)36-29-19-37(3)30-12-8-7-11-25(29)30/h7-8,11-12,14,17,19,22-24H,5-6,9-10,13,15-16,18,20H2,1-4H3,(H,36,41)/t22-,23?,24-/m0/s1. The van der Waals surface area contributed by atoms with Gasteiger partial charge >= 0.3 is 5.97 Å². The Morgan fingerprint density at radius 3 is 2.61 bits per heavy atom. The van der Waals surface area contributed by atoms with Crippen molar-refractivity contribution in [2.45, 2.75) is 70.6 Å². The molecule has 1 aliphatic rings. The molecule has 0 aliphatic carbocycles. The summed E-state index contributed by atoms with van der Waals surface area (Å²) in [5.74, 6) is -0.715. The van der Waals surface area contributed by atoms with Crippen LogP contribution in [0, 0.1) is 0 Å². The highest BCUT2D eigenvalue weighted by atomic mass is 35.5. The van der Waals surface area contributed by atoms with Crippen molar-refractivity contribution >= 4 is 57.6 Å². The molecular formula is C33H41Cl2N3O6. The molecule has 1 N–H and O–H groups in total. The van der Waals surface area contributed by atoms with Gasteiger partial charge < -0.3 is 29.0 Å². The number of aromatic nitrogens is 1. The van der Waals surface area contributed by atoms with Gasteiger partial charge in [0.25, 0.3) is 5.91 Å². The maximum absolute atomic E-state index is 13.5. The number of aryl methyl sites for hydroxylation is 1. The number of rotatable bonds is 14. The summed E-state index contributed by atoms with van der Waals surface area (Å²) >= 11 is 13.2. The normalized spacial score (nSPS) is 17.2. The van der Waals surface area contributed by atoms with Crippen LogP contribution in [0.4, 0.5) is 5.69 Å². The number of hydrogen-bond acceptors (Lipinski definition) is 6. The van der Waals surface area contributed by atoms with Crippen molar-refractivity contribution in [3.05, 3.63) is 63.8 Å². The first kappa shape index (κ1) is 33.8. The van der Waals surface area contributed by atoms with Crippen LogP contribution in [-0.2, 0) is 37.3 Å². The van der Waals surface area contributed by atoms with Crippen molar-refractivity contribution in [1.82, 2.24) is 9.47 Å².